The van der Waals surface area contributed by atoms with E-state index >= 15 is 0 Å². The fourth-order valence-corrected chi connectivity index (χ4v) is 2.28. The molecule has 2 aromatic rings. The third-order valence-corrected chi connectivity index (χ3v) is 3.48. The van der Waals surface area contributed by atoms with E-state index in [1.165, 1.54) is 10.6 Å². The fourth-order valence-electron chi connectivity index (χ4n) is 2.28. The first-order chi connectivity index (χ1) is 9.10. The van der Waals surface area contributed by atoms with Gasteiger partial charge in [0.1, 0.15) is 5.39 Å². The summed E-state index contributed by atoms with van der Waals surface area (Å²) in [6, 6.07) is 1.31. The summed E-state index contributed by atoms with van der Waals surface area (Å²) in [4.78, 5) is 37.6. The summed E-state index contributed by atoms with van der Waals surface area (Å²) in [5.41, 5.74) is -0.825. The van der Waals surface area contributed by atoms with E-state index in [1.807, 2.05) is 6.92 Å². The van der Waals surface area contributed by atoms with E-state index in [0.717, 1.165) is 12.8 Å². The van der Waals surface area contributed by atoms with E-state index in [9.17, 15) is 14.4 Å². The SMILES string of the molecule is CCc1cc(=O)oc2c1c(=O)[nH]c(=O)n2CC1CC1. The molecule has 0 aromatic carbocycles. The van der Waals surface area contributed by atoms with Gasteiger partial charge in [-0.3, -0.25) is 14.3 Å². The summed E-state index contributed by atoms with van der Waals surface area (Å²) in [6.45, 7) is 2.34. The van der Waals surface area contributed by atoms with Crippen molar-refractivity contribution in [3.8, 4) is 0 Å². The number of aromatic nitrogens is 2. The zero-order chi connectivity index (χ0) is 13.6. The molecule has 2 aromatic heterocycles. The Morgan fingerprint density at radius 1 is 1.37 bits per heavy atom. The van der Waals surface area contributed by atoms with Crippen LogP contribution in [0.1, 0.15) is 25.3 Å². The van der Waals surface area contributed by atoms with Crippen LogP contribution in [0.4, 0.5) is 0 Å². The van der Waals surface area contributed by atoms with Crippen LogP contribution in [0.15, 0.2) is 24.9 Å². The van der Waals surface area contributed by atoms with E-state index in [4.69, 9.17) is 4.42 Å². The lowest BCUT2D eigenvalue weighted by Crippen LogP contribution is -2.32. The van der Waals surface area contributed by atoms with Crippen LogP contribution in [0.2, 0.25) is 0 Å². The summed E-state index contributed by atoms with van der Waals surface area (Å²) in [7, 11) is 0. The standard InChI is InChI=1S/C13H14N2O4/c1-2-8-5-9(16)19-12-10(8)11(17)14-13(18)15(12)6-7-3-4-7/h5,7H,2-4,6H2,1H3,(H,14,17,18). The third-order valence-electron chi connectivity index (χ3n) is 3.48. The third kappa shape index (κ3) is 2.03. The molecule has 100 valence electrons. The van der Waals surface area contributed by atoms with Crippen LogP contribution in [0, 0.1) is 5.92 Å². The maximum absolute atomic E-state index is 11.9. The van der Waals surface area contributed by atoms with Gasteiger partial charge in [0, 0.05) is 12.6 Å². The maximum Gasteiger partial charge on any atom is 0.337 e. The number of aromatic amines is 1. The monoisotopic (exact) mass is 262 g/mol. The van der Waals surface area contributed by atoms with E-state index < -0.39 is 16.9 Å². The fraction of sp³-hybridized carbons (Fsp3) is 0.462. The minimum Gasteiger partial charge on any atom is -0.405 e. The highest BCUT2D eigenvalue weighted by Gasteiger charge is 2.24. The van der Waals surface area contributed by atoms with Crippen molar-refractivity contribution in [2.75, 3.05) is 0 Å². The predicted molar refractivity (Wildman–Crippen MR) is 69.5 cm³/mol. The number of hydrogen-bond acceptors (Lipinski definition) is 4. The van der Waals surface area contributed by atoms with Crippen LogP contribution >= 0.6 is 0 Å². The van der Waals surface area contributed by atoms with Gasteiger partial charge in [-0.1, -0.05) is 6.92 Å². The Morgan fingerprint density at radius 3 is 2.74 bits per heavy atom. The minimum atomic E-state index is -0.529. The molecule has 0 bridgehead atoms. The molecule has 0 aliphatic heterocycles. The van der Waals surface area contributed by atoms with Crippen molar-refractivity contribution < 1.29 is 4.42 Å². The smallest absolute Gasteiger partial charge is 0.337 e. The zero-order valence-corrected chi connectivity index (χ0v) is 10.6. The molecule has 1 saturated carbocycles. The molecule has 3 rings (SSSR count). The second-order valence-corrected chi connectivity index (χ2v) is 4.94. The normalized spacial score (nSPS) is 15.0. The molecule has 1 fully saturated rings. The Hall–Kier alpha value is -2.11. The van der Waals surface area contributed by atoms with E-state index in [-0.39, 0.29) is 5.71 Å². The second kappa shape index (κ2) is 4.22. The Balaban J connectivity index is 2.41. The van der Waals surface area contributed by atoms with Crippen molar-refractivity contribution in [1.29, 1.82) is 0 Å². The summed E-state index contributed by atoms with van der Waals surface area (Å²) in [6.07, 6.45) is 2.66. The first-order valence-electron chi connectivity index (χ1n) is 6.40. The lowest BCUT2D eigenvalue weighted by molar-refractivity contribution is 0.492. The number of hydrogen-bond donors (Lipinski definition) is 1. The lowest BCUT2D eigenvalue weighted by atomic mass is 10.1. The molecule has 0 radical (unpaired) electrons. The van der Waals surface area contributed by atoms with E-state index in [2.05, 4.69) is 4.98 Å². The number of nitrogens with one attached hydrogen (secondary N) is 1. The minimum absolute atomic E-state index is 0.102. The molecular formula is C13H14N2O4. The molecule has 6 nitrogen and oxygen atoms in total. The molecule has 1 aliphatic rings. The summed E-state index contributed by atoms with van der Waals surface area (Å²) >= 11 is 0. The van der Waals surface area contributed by atoms with Crippen molar-refractivity contribution in [3.05, 3.63) is 42.9 Å². The molecule has 0 spiro atoms. The summed E-state index contributed by atoms with van der Waals surface area (Å²) in [5.74, 6) is 0.433. The molecule has 2 heterocycles. The van der Waals surface area contributed by atoms with Gasteiger partial charge < -0.3 is 4.42 Å². The summed E-state index contributed by atoms with van der Waals surface area (Å²) in [5, 5.41) is 0.308. The van der Waals surface area contributed by atoms with Gasteiger partial charge in [-0.25, -0.2) is 9.59 Å². The van der Waals surface area contributed by atoms with Crippen LogP contribution in [-0.4, -0.2) is 9.55 Å². The number of rotatable bonds is 3. The Bertz CT molecular complexity index is 808. The predicted octanol–water partition coefficient (Wildman–Crippen LogP) is 0.615. The van der Waals surface area contributed by atoms with Gasteiger partial charge >= 0.3 is 11.3 Å². The van der Waals surface area contributed by atoms with Crippen LogP contribution in [0.3, 0.4) is 0 Å². The van der Waals surface area contributed by atoms with Gasteiger partial charge in [0.25, 0.3) is 5.56 Å². The average molecular weight is 262 g/mol. The molecule has 0 atom stereocenters. The highest BCUT2D eigenvalue weighted by atomic mass is 16.4. The largest absolute Gasteiger partial charge is 0.405 e. The van der Waals surface area contributed by atoms with Gasteiger partial charge in [0.15, 0.2) is 0 Å². The molecule has 6 heteroatoms. The van der Waals surface area contributed by atoms with Gasteiger partial charge in [0.2, 0.25) is 5.71 Å². The molecule has 19 heavy (non-hydrogen) atoms. The zero-order valence-electron chi connectivity index (χ0n) is 10.6. The van der Waals surface area contributed by atoms with Crippen LogP contribution in [0.5, 0.6) is 0 Å². The van der Waals surface area contributed by atoms with Gasteiger partial charge in [-0.2, -0.15) is 0 Å². The molecular weight excluding hydrogens is 248 g/mol. The van der Waals surface area contributed by atoms with E-state index in [0.29, 0.717) is 29.8 Å². The van der Waals surface area contributed by atoms with Crippen molar-refractivity contribution in [1.82, 2.24) is 9.55 Å². The first-order valence-corrected chi connectivity index (χ1v) is 6.40. The molecule has 0 amide bonds. The van der Waals surface area contributed by atoms with Crippen molar-refractivity contribution in [3.63, 3.8) is 0 Å². The van der Waals surface area contributed by atoms with Crippen molar-refractivity contribution >= 4 is 11.1 Å². The maximum atomic E-state index is 11.9. The van der Waals surface area contributed by atoms with Gasteiger partial charge in [-0.15, -0.1) is 0 Å². The lowest BCUT2D eigenvalue weighted by Gasteiger charge is -2.08. The van der Waals surface area contributed by atoms with Gasteiger partial charge in [-0.05, 0) is 30.7 Å². The van der Waals surface area contributed by atoms with Crippen molar-refractivity contribution in [2.45, 2.75) is 32.7 Å². The highest BCUT2D eigenvalue weighted by Crippen LogP contribution is 2.30. The number of fused-ring (bicyclic) bond motifs is 1. The number of aryl methyl sites for hydroxylation is 1. The molecule has 0 unspecified atom stereocenters. The highest BCUT2D eigenvalue weighted by molar-refractivity contribution is 5.75. The Kier molecular flexibility index (Phi) is 2.66. The second-order valence-electron chi connectivity index (χ2n) is 4.94. The molecule has 1 aliphatic carbocycles. The average Bonchev–Trinajstić information content (AvgIpc) is 3.16. The Morgan fingerprint density at radius 2 is 2.11 bits per heavy atom. The van der Waals surface area contributed by atoms with E-state index in [1.54, 1.807) is 0 Å². The van der Waals surface area contributed by atoms with Crippen LogP contribution in [-0.2, 0) is 13.0 Å². The topological polar surface area (TPSA) is 85.1 Å². The number of nitrogens with zero attached hydrogens (tertiary/aromatic N) is 1. The van der Waals surface area contributed by atoms with Crippen molar-refractivity contribution in [2.24, 2.45) is 5.92 Å². The summed E-state index contributed by atoms with van der Waals surface area (Å²) < 4.78 is 6.48. The Labute approximate surface area is 107 Å². The van der Waals surface area contributed by atoms with Gasteiger partial charge in [0.05, 0.1) is 0 Å². The van der Waals surface area contributed by atoms with Crippen LogP contribution < -0.4 is 16.9 Å². The molecule has 1 N–H and O–H groups in total. The number of H-pyrrole nitrogens is 1. The molecule has 0 saturated heterocycles. The first kappa shape index (κ1) is 12.0. The quantitative estimate of drug-likeness (QED) is 0.878. The van der Waals surface area contributed by atoms with Crippen LogP contribution in [0.25, 0.3) is 11.1 Å².